The van der Waals surface area contributed by atoms with Crippen LogP contribution in [0.25, 0.3) is 0 Å². The van der Waals surface area contributed by atoms with Crippen LogP contribution in [0.5, 0.6) is 0 Å². The zero-order chi connectivity index (χ0) is 10.6. The topological polar surface area (TPSA) is 29.3 Å². The molecule has 0 aliphatic carbocycles. The van der Waals surface area contributed by atoms with Crippen LogP contribution in [0.15, 0.2) is 17.5 Å². The van der Waals surface area contributed by atoms with Crippen molar-refractivity contribution >= 4 is 11.3 Å². The molecule has 0 fully saturated rings. The molecule has 0 aliphatic heterocycles. The Kier molecular flexibility index (Phi) is 4.11. The van der Waals surface area contributed by atoms with Crippen LogP contribution in [0.4, 0.5) is 0 Å². The van der Waals surface area contributed by atoms with Gasteiger partial charge in [-0.05, 0) is 31.8 Å². The lowest BCUT2D eigenvalue weighted by molar-refractivity contribution is 0.230. The predicted octanol–water partition coefficient (Wildman–Crippen LogP) is 2.31. The fourth-order valence-corrected chi connectivity index (χ4v) is 2.22. The van der Waals surface area contributed by atoms with E-state index in [0.717, 1.165) is 19.6 Å². The summed E-state index contributed by atoms with van der Waals surface area (Å²) < 4.78 is 0. The van der Waals surface area contributed by atoms with Gasteiger partial charge in [0.1, 0.15) is 0 Å². The smallest absolute Gasteiger partial charge is 0.0328 e. The molecule has 80 valence electrons. The number of nitrogens with zero attached hydrogens (tertiary/aromatic N) is 1. The van der Waals surface area contributed by atoms with Crippen LogP contribution in [0.2, 0.25) is 0 Å². The van der Waals surface area contributed by atoms with E-state index in [1.165, 1.54) is 4.88 Å². The summed E-state index contributed by atoms with van der Waals surface area (Å²) >= 11 is 1.81. The molecule has 0 saturated carbocycles. The molecule has 1 rings (SSSR count). The minimum absolute atomic E-state index is 0.104. The lowest BCUT2D eigenvalue weighted by Gasteiger charge is -2.28. The van der Waals surface area contributed by atoms with Gasteiger partial charge >= 0.3 is 0 Å². The maximum atomic E-state index is 6.00. The van der Waals surface area contributed by atoms with Gasteiger partial charge in [-0.1, -0.05) is 13.0 Å². The highest BCUT2D eigenvalue weighted by Gasteiger charge is 2.15. The number of nitrogens with two attached hydrogens (primary N) is 1. The Bertz CT molecular complexity index is 249. The largest absolute Gasteiger partial charge is 0.324 e. The van der Waals surface area contributed by atoms with Crippen molar-refractivity contribution in [1.82, 2.24) is 4.90 Å². The lowest BCUT2D eigenvalue weighted by Crippen LogP contribution is -2.44. The highest BCUT2D eigenvalue weighted by molar-refractivity contribution is 7.09. The Balaban J connectivity index is 2.47. The molecule has 0 amide bonds. The van der Waals surface area contributed by atoms with Gasteiger partial charge in [0, 0.05) is 23.5 Å². The van der Waals surface area contributed by atoms with Crippen LogP contribution in [-0.4, -0.2) is 23.5 Å². The number of thiophene rings is 1. The van der Waals surface area contributed by atoms with Crippen molar-refractivity contribution in [3.05, 3.63) is 22.4 Å². The molecule has 2 nitrogen and oxygen atoms in total. The second kappa shape index (κ2) is 4.91. The van der Waals surface area contributed by atoms with E-state index < -0.39 is 0 Å². The summed E-state index contributed by atoms with van der Waals surface area (Å²) in [5.74, 6) is 0. The van der Waals surface area contributed by atoms with Crippen LogP contribution in [0.1, 0.15) is 25.6 Å². The normalized spacial score (nSPS) is 12.4. The molecule has 1 heterocycles. The average molecular weight is 212 g/mol. The molecule has 0 bridgehead atoms. The van der Waals surface area contributed by atoms with Gasteiger partial charge in [-0.25, -0.2) is 0 Å². The molecule has 1 aromatic heterocycles. The molecule has 2 N–H and O–H groups in total. The van der Waals surface area contributed by atoms with Crippen molar-refractivity contribution in [1.29, 1.82) is 0 Å². The average Bonchev–Trinajstić information content (AvgIpc) is 2.53. The monoisotopic (exact) mass is 212 g/mol. The highest BCUT2D eigenvalue weighted by Crippen LogP contribution is 2.13. The molecule has 0 aromatic carbocycles. The molecule has 0 radical (unpaired) electrons. The Morgan fingerprint density at radius 1 is 1.50 bits per heavy atom. The fourth-order valence-electron chi connectivity index (χ4n) is 1.48. The van der Waals surface area contributed by atoms with Gasteiger partial charge in [-0.3, -0.25) is 4.90 Å². The summed E-state index contributed by atoms with van der Waals surface area (Å²) in [5.41, 5.74) is 5.90. The third kappa shape index (κ3) is 4.22. The third-order valence-electron chi connectivity index (χ3n) is 2.04. The first-order valence-corrected chi connectivity index (χ1v) is 5.93. The van der Waals surface area contributed by atoms with E-state index in [0.29, 0.717) is 0 Å². The van der Waals surface area contributed by atoms with E-state index in [9.17, 15) is 0 Å². The molecular weight excluding hydrogens is 192 g/mol. The van der Waals surface area contributed by atoms with Crippen LogP contribution in [0.3, 0.4) is 0 Å². The van der Waals surface area contributed by atoms with Gasteiger partial charge in [0.2, 0.25) is 0 Å². The van der Waals surface area contributed by atoms with Crippen molar-refractivity contribution < 1.29 is 0 Å². The second-order valence-electron chi connectivity index (χ2n) is 4.37. The Morgan fingerprint density at radius 3 is 2.64 bits per heavy atom. The number of likely N-dealkylation sites (N-methyl/N-ethyl adjacent to an activating group) is 1. The maximum Gasteiger partial charge on any atom is 0.0328 e. The molecule has 14 heavy (non-hydrogen) atoms. The van der Waals surface area contributed by atoms with Gasteiger partial charge in [0.05, 0.1) is 0 Å². The van der Waals surface area contributed by atoms with E-state index in [1.54, 1.807) is 0 Å². The zero-order valence-electron chi connectivity index (χ0n) is 9.29. The van der Waals surface area contributed by atoms with Gasteiger partial charge in [0.15, 0.2) is 0 Å². The molecule has 3 heteroatoms. The number of rotatable bonds is 5. The van der Waals surface area contributed by atoms with Gasteiger partial charge in [-0.15, -0.1) is 11.3 Å². The number of hydrogen-bond donors (Lipinski definition) is 1. The first kappa shape index (κ1) is 11.7. The highest BCUT2D eigenvalue weighted by atomic mass is 32.1. The van der Waals surface area contributed by atoms with Crippen molar-refractivity contribution in [2.24, 2.45) is 5.73 Å². The Morgan fingerprint density at radius 2 is 2.21 bits per heavy atom. The van der Waals surface area contributed by atoms with Gasteiger partial charge in [0.25, 0.3) is 0 Å². The molecular formula is C11H20N2S. The Hall–Kier alpha value is -0.380. The van der Waals surface area contributed by atoms with Crippen LogP contribution in [-0.2, 0) is 6.54 Å². The quantitative estimate of drug-likeness (QED) is 0.811. The van der Waals surface area contributed by atoms with Gasteiger partial charge < -0.3 is 5.73 Å². The Labute approximate surface area is 90.7 Å². The van der Waals surface area contributed by atoms with Crippen molar-refractivity contribution in [3.8, 4) is 0 Å². The minimum atomic E-state index is -0.104. The molecule has 0 unspecified atom stereocenters. The molecule has 0 saturated heterocycles. The van der Waals surface area contributed by atoms with E-state index in [1.807, 2.05) is 11.3 Å². The molecule has 0 atom stereocenters. The summed E-state index contributed by atoms with van der Waals surface area (Å²) in [7, 11) is 0. The molecule has 1 aromatic rings. The standard InChI is InChI=1S/C11H20N2S/c1-4-13(9-11(2,3)12)8-10-6-5-7-14-10/h5-7H,4,8-9,12H2,1-3H3. The van der Waals surface area contributed by atoms with E-state index in [-0.39, 0.29) is 5.54 Å². The summed E-state index contributed by atoms with van der Waals surface area (Å²) in [6.07, 6.45) is 0. The first-order chi connectivity index (χ1) is 6.51. The van der Waals surface area contributed by atoms with Crippen LogP contribution >= 0.6 is 11.3 Å². The maximum absolute atomic E-state index is 6.00. The van der Waals surface area contributed by atoms with Crippen LogP contribution in [0, 0.1) is 0 Å². The number of hydrogen-bond acceptors (Lipinski definition) is 3. The minimum Gasteiger partial charge on any atom is -0.324 e. The third-order valence-corrected chi connectivity index (χ3v) is 2.90. The first-order valence-electron chi connectivity index (χ1n) is 5.05. The SMILES string of the molecule is CCN(Cc1cccs1)CC(C)(C)N. The van der Waals surface area contributed by atoms with E-state index in [2.05, 4.69) is 43.2 Å². The summed E-state index contributed by atoms with van der Waals surface area (Å²) in [6, 6.07) is 4.28. The van der Waals surface area contributed by atoms with Crippen molar-refractivity contribution in [2.45, 2.75) is 32.9 Å². The van der Waals surface area contributed by atoms with E-state index >= 15 is 0 Å². The predicted molar refractivity (Wildman–Crippen MR) is 63.5 cm³/mol. The summed E-state index contributed by atoms with van der Waals surface area (Å²) in [5, 5.41) is 2.12. The lowest BCUT2D eigenvalue weighted by atomic mass is 10.1. The van der Waals surface area contributed by atoms with E-state index in [4.69, 9.17) is 5.73 Å². The van der Waals surface area contributed by atoms with Gasteiger partial charge in [-0.2, -0.15) is 0 Å². The molecule has 0 aliphatic rings. The summed E-state index contributed by atoms with van der Waals surface area (Å²) in [6.45, 7) is 9.35. The van der Waals surface area contributed by atoms with Crippen molar-refractivity contribution in [2.75, 3.05) is 13.1 Å². The molecule has 0 spiro atoms. The second-order valence-corrected chi connectivity index (χ2v) is 5.40. The summed E-state index contributed by atoms with van der Waals surface area (Å²) in [4.78, 5) is 3.79. The zero-order valence-corrected chi connectivity index (χ0v) is 10.1. The van der Waals surface area contributed by atoms with Crippen molar-refractivity contribution in [3.63, 3.8) is 0 Å². The van der Waals surface area contributed by atoms with Crippen LogP contribution < -0.4 is 5.73 Å². The fraction of sp³-hybridized carbons (Fsp3) is 0.636.